The molecular formula is C22H26O4. The van der Waals surface area contributed by atoms with Gasteiger partial charge < -0.3 is 9.84 Å². The molecule has 1 saturated heterocycles. The van der Waals surface area contributed by atoms with E-state index in [0.717, 1.165) is 42.4 Å². The van der Waals surface area contributed by atoms with Gasteiger partial charge in [0.2, 0.25) is 0 Å². The molecule has 1 aliphatic carbocycles. The van der Waals surface area contributed by atoms with Crippen LogP contribution in [0.25, 0.3) is 0 Å². The molecule has 2 aliphatic rings. The first-order valence-electron chi connectivity index (χ1n) is 9.42. The summed E-state index contributed by atoms with van der Waals surface area (Å²) in [5.74, 6) is 6.52. The van der Waals surface area contributed by atoms with E-state index in [1.165, 1.54) is 0 Å². The summed E-state index contributed by atoms with van der Waals surface area (Å²) in [5, 5.41) is 9.64. The summed E-state index contributed by atoms with van der Waals surface area (Å²) in [6.07, 6.45) is 5.74. The molecule has 0 bridgehead atoms. The number of carbonyl (C=O) groups excluding carboxylic acids is 2. The number of phenolic OH excluding ortho intramolecular Hbond substituents is 1. The first-order valence-corrected chi connectivity index (χ1v) is 9.42. The minimum absolute atomic E-state index is 0.00803. The standard InChI is InChI=1S/C22H26O4/c1-15-11-18(23)12-16(2)20(15)9-5-6-10-22(17-7-3-4-8-17)14-19(24)13-21(25)26-22/h11-12,17,23H,3-4,6-8,10,13-14H2,1-2H3. The van der Waals surface area contributed by atoms with Gasteiger partial charge in [-0.15, -0.1) is 0 Å². The van der Waals surface area contributed by atoms with Crippen molar-refractivity contribution in [2.75, 3.05) is 0 Å². The van der Waals surface area contributed by atoms with E-state index < -0.39 is 5.60 Å². The fraction of sp³-hybridized carbons (Fsp3) is 0.545. The number of ether oxygens (including phenoxy) is 1. The van der Waals surface area contributed by atoms with Crippen molar-refractivity contribution in [1.29, 1.82) is 0 Å². The molecule has 1 N–H and O–H groups in total. The summed E-state index contributed by atoms with van der Waals surface area (Å²) < 4.78 is 5.78. The van der Waals surface area contributed by atoms with Crippen LogP contribution in [0.3, 0.4) is 0 Å². The van der Waals surface area contributed by atoms with Crippen molar-refractivity contribution < 1.29 is 19.4 Å². The number of cyclic esters (lactones) is 1. The van der Waals surface area contributed by atoms with Crippen molar-refractivity contribution in [3.63, 3.8) is 0 Å². The lowest BCUT2D eigenvalue weighted by Gasteiger charge is -2.40. The SMILES string of the molecule is Cc1cc(O)cc(C)c1C#CCCC1(C2CCCC2)CC(=O)CC(=O)O1. The third kappa shape index (κ3) is 3.93. The maximum absolute atomic E-state index is 12.1. The second kappa shape index (κ2) is 7.53. The van der Waals surface area contributed by atoms with E-state index in [2.05, 4.69) is 11.8 Å². The molecule has 1 heterocycles. The quantitative estimate of drug-likeness (QED) is 0.507. The van der Waals surface area contributed by atoms with Crippen LogP contribution in [0, 0.1) is 31.6 Å². The fourth-order valence-corrected chi connectivity index (χ4v) is 4.44. The molecule has 2 fully saturated rings. The highest BCUT2D eigenvalue weighted by Crippen LogP contribution is 2.43. The van der Waals surface area contributed by atoms with Crippen LogP contribution in [0.5, 0.6) is 5.75 Å². The van der Waals surface area contributed by atoms with Crippen molar-refractivity contribution in [1.82, 2.24) is 0 Å². The summed E-state index contributed by atoms with van der Waals surface area (Å²) in [6.45, 7) is 3.86. The summed E-state index contributed by atoms with van der Waals surface area (Å²) >= 11 is 0. The van der Waals surface area contributed by atoms with Crippen molar-refractivity contribution in [2.24, 2.45) is 5.92 Å². The molecular weight excluding hydrogens is 328 g/mol. The Morgan fingerprint density at radius 1 is 1.19 bits per heavy atom. The number of aryl methyl sites for hydroxylation is 2. The van der Waals surface area contributed by atoms with Gasteiger partial charge >= 0.3 is 5.97 Å². The molecule has 1 unspecified atom stereocenters. The molecule has 1 aromatic rings. The lowest BCUT2D eigenvalue weighted by atomic mass is 9.76. The van der Waals surface area contributed by atoms with Gasteiger partial charge in [0.25, 0.3) is 0 Å². The molecule has 1 atom stereocenters. The topological polar surface area (TPSA) is 63.6 Å². The highest BCUT2D eigenvalue weighted by atomic mass is 16.6. The number of carbonyl (C=O) groups is 2. The zero-order valence-electron chi connectivity index (χ0n) is 15.6. The second-order valence-electron chi connectivity index (χ2n) is 7.67. The van der Waals surface area contributed by atoms with Crippen LogP contribution >= 0.6 is 0 Å². The molecule has 3 rings (SSSR count). The number of aromatic hydroxyl groups is 1. The van der Waals surface area contributed by atoms with Crippen LogP contribution in [0.4, 0.5) is 0 Å². The number of rotatable bonds is 3. The summed E-state index contributed by atoms with van der Waals surface area (Å²) in [5.41, 5.74) is 2.16. The van der Waals surface area contributed by atoms with Crippen LogP contribution in [-0.4, -0.2) is 22.5 Å². The number of hydrogen-bond acceptors (Lipinski definition) is 4. The molecule has 0 amide bonds. The predicted octanol–water partition coefficient (Wildman–Crippen LogP) is 3.98. The Morgan fingerprint density at radius 2 is 1.85 bits per heavy atom. The molecule has 1 saturated carbocycles. The van der Waals surface area contributed by atoms with E-state index in [4.69, 9.17) is 4.74 Å². The number of ketones is 1. The van der Waals surface area contributed by atoms with Gasteiger partial charge in [0.15, 0.2) is 0 Å². The summed E-state index contributed by atoms with van der Waals surface area (Å²) in [7, 11) is 0. The van der Waals surface area contributed by atoms with Gasteiger partial charge in [0.05, 0.1) is 0 Å². The zero-order valence-corrected chi connectivity index (χ0v) is 15.6. The van der Waals surface area contributed by atoms with Crippen LogP contribution in [0.15, 0.2) is 12.1 Å². The van der Waals surface area contributed by atoms with Gasteiger partial charge in [-0.25, -0.2) is 0 Å². The van der Waals surface area contributed by atoms with Gasteiger partial charge in [0, 0.05) is 18.4 Å². The zero-order chi connectivity index (χ0) is 18.7. The fourth-order valence-electron chi connectivity index (χ4n) is 4.44. The van der Waals surface area contributed by atoms with Gasteiger partial charge in [-0.05, 0) is 62.3 Å². The normalized spacial score (nSPS) is 23.5. The Morgan fingerprint density at radius 3 is 2.46 bits per heavy atom. The molecule has 4 heteroatoms. The number of hydrogen-bond donors (Lipinski definition) is 1. The average Bonchev–Trinajstić information content (AvgIpc) is 3.07. The smallest absolute Gasteiger partial charge is 0.313 e. The first kappa shape index (κ1) is 18.5. The molecule has 4 nitrogen and oxygen atoms in total. The predicted molar refractivity (Wildman–Crippen MR) is 98.7 cm³/mol. The lowest BCUT2D eigenvalue weighted by Crippen LogP contribution is -2.47. The number of Topliss-reactive ketones (excluding diaryl/α,β-unsaturated/α-hetero) is 1. The van der Waals surface area contributed by atoms with Crippen LogP contribution in [-0.2, 0) is 14.3 Å². The number of esters is 1. The number of benzene rings is 1. The van der Waals surface area contributed by atoms with Crippen molar-refractivity contribution >= 4 is 11.8 Å². The molecule has 1 aliphatic heterocycles. The minimum atomic E-state index is -0.656. The molecule has 0 radical (unpaired) electrons. The van der Waals surface area contributed by atoms with E-state index >= 15 is 0 Å². The van der Waals surface area contributed by atoms with E-state index in [0.29, 0.717) is 19.3 Å². The van der Waals surface area contributed by atoms with E-state index in [1.54, 1.807) is 12.1 Å². The van der Waals surface area contributed by atoms with Gasteiger partial charge in [-0.3, -0.25) is 9.59 Å². The van der Waals surface area contributed by atoms with Gasteiger partial charge in [0.1, 0.15) is 23.6 Å². The maximum atomic E-state index is 12.1. The Labute approximate surface area is 154 Å². The van der Waals surface area contributed by atoms with Gasteiger partial charge in [-0.1, -0.05) is 24.7 Å². The first-order chi connectivity index (χ1) is 12.4. The minimum Gasteiger partial charge on any atom is -0.508 e. The Bertz CT molecular complexity index is 736. The van der Waals surface area contributed by atoms with Crippen molar-refractivity contribution in [3.05, 3.63) is 28.8 Å². The van der Waals surface area contributed by atoms with Gasteiger partial charge in [-0.2, -0.15) is 0 Å². The van der Waals surface area contributed by atoms with E-state index in [1.807, 2.05) is 13.8 Å². The van der Waals surface area contributed by atoms with Crippen LogP contribution < -0.4 is 0 Å². The third-order valence-electron chi connectivity index (χ3n) is 5.66. The van der Waals surface area contributed by atoms with E-state index in [9.17, 15) is 14.7 Å². The molecule has 26 heavy (non-hydrogen) atoms. The molecule has 0 spiro atoms. The monoisotopic (exact) mass is 354 g/mol. The lowest BCUT2D eigenvalue weighted by molar-refractivity contribution is -0.178. The average molecular weight is 354 g/mol. The largest absolute Gasteiger partial charge is 0.508 e. The Hall–Kier alpha value is -2.28. The maximum Gasteiger partial charge on any atom is 0.313 e. The second-order valence-corrected chi connectivity index (χ2v) is 7.67. The molecule has 1 aromatic carbocycles. The molecule has 0 aromatic heterocycles. The van der Waals surface area contributed by atoms with Crippen molar-refractivity contribution in [3.8, 4) is 17.6 Å². The highest BCUT2D eigenvalue weighted by molar-refractivity contribution is 5.98. The summed E-state index contributed by atoms with van der Waals surface area (Å²) in [6, 6.07) is 3.41. The Kier molecular flexibility index (Phi) is 5.36. The Balaban J connectivity index is 1.76. The van der Waals surface area contributed by atoms with E-state index in [-0.39, 0.29) is 29.8 Å². The van der Waals surface area contributed by atoms with Crippen molar-refractivity contribution in [2.45, 2.75) is 70.8 Å². The number of phenols is 1. The van der Waals surface area contributed by atoms with Crippen LogP contribution in [0.2, 0.25) is 0 Å². The third-order valence-corrected chi connectivity index (χ3v) is 5.66. The highest BCUT2D eigenvalue weighted by Gasteiger charge is 2.47. The summed E-state index contributed by atoms with van der Waals surface area (Å²) in [4.78, 5) is 24.0. The molecule has 138 valence electrons. The van der Waals surface area contributed by atoms with Crippen LogP contribution in [0.1, 0.15) is 68.1 Å².